The van der Waals surface area contributed by atoms with Gasteiger partial charge in [-0.1, -0.05) is 5.21 Å². The summed E-state index contributed by atoms with van der Waals surface area (Å²) in [7, 11) is 0. The Labute approximate surface area is 198 Å². The smallest absolute Gasteiger partial charge is 0.271 e. The van der Waals surface area contributed by atoms with Gasteiger partial charge in [-0.15, -0.1) is 5.10 Å². The van der Waals surface area contributed by atoms with Gasteiger partial charge in [0.25, 0.3) is 6.43 Å². The molecule has 182 valence electrons. The lowest BCUT2D eigenvalue weighted by molar-refractivity contribution is 0.0571. The molecule has 0 aromatic carbocycles. The third-order valence-electron chi connectivity index (χ3n) is 5.16. The molecule has 0 aliphatic rings. The van der Waals surface area contributed by atoms with E-state index in [1.54, 1.807) is 26.1 Å². The van der Waals surface area contributed by atoms with Crippen molar-refractivity contribution in [1.29, 1.82) is 5.26 Å². The van der Waals surface area contributed by atoms with Crippen LogP contribution < -0.4 is 5.32 Å². The Balaban J connectivity index is 1.70. The van der Waals surface area contributed by atoms with Gasteiger partial charge in [-0.3, -0.25) is 0 Å². The number of aryl methyl sites for hydroxylation is 1. The number of aliphatic hydroxyl groups is 1. The third kappa shape index (κ3) is 5.55. The molecule has 4 rings (SSSR count). The number of hydrogen-bond acceptors (Lipinski definition) is 8. The van der Waals surface area contributed by atoms with Crippen LogP contribution in [0.4, 0.5) is 18.9 Å². The van der Waals surface area contributed by atoms with Gasteiger partial charge in [-0.05, 0) is 32.8 Å². The number of nitrogens with zero attached hydrogens (tertiary/aromatic N) is 8. The number of nitriles is 1. The number of hydrogen-bond donors (Lipinski definition) is 2. The van der Waals surface area contributed by atoms with Crippen LogP contribution in [0.25, 0.3) is 22.5 Å². The first kappa shape index (κ1) is 24.1. The number of nitrogens with one attached hydrogen (secondary N) is 1. The molecule has 4 aromatic rings. The Morgan fingerprint density at radius 3 is 2.69 bits per heavy atom. The first-order valence-electron chi connectivity index (χ1n) is 10.7. The van der Waals surface area contributed by atoms with E-state index in [0.717, 1.165) is 0 Å². The fourth-order valence-electron chi connectivity index (χ4n) is 3.29. The molecule has 35 heavy (non-hydrogen) atoms. The predicted octanol–water partition coefficient (Wildman–Crippen LogP) is 2.99. The molecule has 2 N–H and O–H groups in total. The van der Waals surface area contributed by atoms with E-state index in [2.05, 4.69) is 30.7 Å². The van der Waals surface area contributed by atoms with E-state index in [4.69, 9.17) is 5.26 Å². The van der Waals surface area contributed by atoms with Crippen LogP contribution in [0.1, 0.15) is 31.5 Å². The van der Waals surface area contributed by atoms with Crippen LogP contribution >= 0.6 is 0 Å². The second kappa shape index (κ2) is 9.67. The maximum absolute atomic E-state index is 13.7. The van der Waals surface area contributed by atoms with Crippen molar-refractivity contribution in [3.63, 3.8) is 0 Å². The van der Waals surface area contributed by atoms with E-state index < -0.39 is 24.7 Å². The lowest BCUT2D eigenvalue weighted by Gasteiger charge is -2.15. The SMILES string of the molecule is CC(C)(O)CCc1cn(-c2cnc(-n3ncc4cc(C#N)cnc43)cc2NCC(F)C(F)F)nn1. The summed E-state index contributed by atoms with van der Waals surface area (Å²) in [4.78, 5) is 8.64. The number of anilines is 1. The summed E-state index contributed by atoms with van der Waals surface area (Å²) in [5.41, 5.74) is 1.16. The molecule has 0 spiro atoms. The second-order valence-corrected chi connectivity index (χ2v) is 8.56. The van der Waals surface area contributed by atoms with Gasteiger partial charge in [0.05, 0.1) is 47.7 Å². The van der Waals surface area contributed by atoms with Gasteiger partial charge in [0.2, 0.25) is 0 Å². The van der Waals surface area contributed by atoms with E-state index in [9.17, 15) is 18.3 Å². The van der Waals surface area contributed by atoms with E-state index in [0.29, 0.717) is 46.6 Å². The summed E-state index contributed by atoms with van der Waals surface area (Å²) < 4.78 is 42.0. The Bertz CT molecular complexity index is 1370. The molecule has 4 aromatic heterocycles. The Morgan fingerprint density at radius 2 is 1.97 bits per heavy atom. The molecular formula is C22H22F3N9O. The minimum Gasteiger partial charge on any atom is -0.390 e. The topological polar surface area (TPSA) is 130 Å². The zero-order valence-corrected chi connectivity index (χ0v) is 18.9. The van der Waals surface area contributed by atoms with Crippen molar-refractivity contribution in [3.8, 4) is 17.6 Å². The van der Waals surface area contributed by atoms with Crippen molar-refractivity contribution in [2.45, 2.75) is 44.9 Å². The van der Waals surface area contributed by atoms with Crippen molar-refractivity contribution in [3.05, 3.63) is 48.2 Å². The molecular weight excluding hydrogens is 463 g/mol. The summed E-state index contributed by atoms with van der Waals surface area (Å²) in [6.07, 6.45) is 1.38. The largest absolute Gasteiger partial charge is 0.390 e. The molecule has 0 fully saturated rings. The fourth-order valence-corrected chi connectivity index (χ4v) is 3.29. The van der Waals surface area contributed by atoms with Crippen LogP contribution in [-0.2, 0) is 6.42 Å². The minimum atomic E-state index is -3.14. The van der Waals surface area contributed by atoms with E-state index in [1.165, 1.54) is 34.0 Å². The molecule has 0 amide bonds. The summed E-state index contributed by atoms with van der Waals surface area (Å²) in [6, 6.07) is 5.14. The standard InChI is InChI=1S/C22H22F3N9O/c1-22(2,35)4-3-15-12-33(32-31-15)18-11-28-19(6-17(18)27-10-16(23)20(24)25)34-21-14(9-30-34)5-13(7-26)8-29-21/h5-6,8-9,11-12,16,20,35H,3-4,10H2,1-2H3,(H,27,28). The van der Waals surface area contributed by atoms with Crippen molar-refractivity contribution in [2.24, 2.45) is 0 Å². The Morgan fingerprint density at radius 1 is 1.17 bits per heavy atom. The molecule has 1 unspecified atom stereocenters. The summed E-state index contributed by atoms with van der Waals surface area (Å²) in [6.45, 7) is 2.74. The van der Waals surface area contributed by atoms with Crippen molar-refractivity contribution in [1.82, 2.24) is 34.7 Å². The van der Waals surface area contributed by atoms with E-state index in [-0.39, 0.29) is 5.69 Å². The van der Waals surface area contributed by atoms with Gasteiger partial charge < -0.3 is 10.4 Å². The zero-order chi connectivity index (χ0) is 25.2. The summed E-state index contributed by atoms with van der Waals surface area (Å²) in [5, 5.41) is 34.7. The van der Waals surface area contributed by atoms with Crippen LogP contribution in [0, 0.1) is 11.3 Å². The Hall–Kier alpha value is -4.05. The number of aromatic nitrogens is 7. The first-order chi connectivity index (χ1) is 16.6. The Kier molecular flexibility index (Phi) is 6.65. The van der Waals surface area contributed by atoms with Crippen LogP contribution in [0.5, 0.6) is 0 Å². The average Bonchev–Trinajstić information content (AvgIpc) is 3.47. The molecule has 4 heterocycles. The van der Waals surface area contributed by atoms with Crippen molar-refractivity contribution in [2.75, 3.05) is 11.9 Å². The maximum atomic E-state index is 13.7. The van der Waals surface area contributed by atoms with Crippen molar-refractivity contribution >= 4 is 16.7 Å². The van der Waals surface area contributed by atoms with Gasteiger partial charge in [-0.25, -0.2) is 27.8 Å². The van der Waals surface area contributed by atoms with Crippen LogP contribution in [0.2, 0.25) is 0 Å². The van der Waals surface area contributed by atoms with Crippen LogP contribution in [-0.4, -0.2) is 64.6 Å². The number of alkyl halides is 3. The van der Waals surface area contributed by atoms with E-state index >= 15 is 0 Å². The van der Waals surface area contributed by atoms with Crippen LogP contribution in [0.15, 0.2) is 36.9 Å². The van der Waals surface area contributed by atoms with Gasteiger partial charge >= 0.3 is 0 Å². The predicted molar refractivity (Wildman–Crippen MR) is 120 cm³/mol. The van der Waals surface area contributed by atoms with Gasteiger partial charge in [-0.2, -0.15) is 15.0 Å². The number of halogens is 3. The molecule has 0 radical (unpaired) electrons. The van der Waals surface area contributed by atoms with Gasteiger partial charge in [0, 0.05) is 17.6 Å². The lowest BCUT2D eigenvalue weighted by Crippen LogP contribution is -2.23. The molecule has 0 aliphatic heterocycles. The summed E-state index contributed by atoms with van der Waals surface area (Å²) >= 11 is 0. The molecule has 13 heteroatoms. The quantitative estimate of drug-likeness (QED) is 0.370. The molecule has 10 nitrogen and oxygen atoms in total. The normalized spacial score (nSPS) is 12.7. The summed E-state index contributed by atoms with van der Waals surface area (Å²) in [5.74, 6) is 0.290. The minimum absolute atomic E-state index is 0.273. The first-order valence-corrected chi connectivity index (χ1v) is 10.7. The van der Waals surface area contributed by atoms with Gasteiger partial charge in [0.1, 0.15) is 11.8 Å². The molecule has 0 saturated heterocycles. The highest BCUT2D eigenvalue weighted by Gasteiger charge is 2.21. The molecule has 0 saturated carbocycles. The second-order valence-electron chi connectivity index (χ2n) is 8.56. The lowest BCUT2D eigenvalue weighted by atomic mass is 10.0. The maximum Gasteiger partial charge on any atom is 0.271 e. The van der Waals surface area contributed by atoms with Crippen LogP contribution in [0.3, 0.4) is 0 Å². The van der Waals surface area contributed by atoms with E-state index in [1.807, 2.05) is 6.07 Å². The fraction of sp³-hybridized carbons (Fsp3) is 0.364. The molecule has 0 aliphatic carbocycles. The van der Waals surface area contributed by atoms with Gasteiger partial charge in [0.15, 0.2) is 17.6 Å². The highest BCUT2D eigenvalue weighted by atomic mass is 19.3. The average molecular weight is 485 g/mol. The number of fused-ring (bicyclic) bond motifs is 1. The molecule has 0 bridgehead atoms. The number of rotatable bonds is 9. The highest BCUT2D eigenvalue weighted by Crippen LogP contribution is 2.25. The zero-order valence-electron chi connectivity index (χ0n) is 18.9. The monoisotopic (exact) mass is 485 g/mol. The van der Waals surface area contributed by atoms with Crippen molar-refractivity contribution < 1.29 is 18.3 Å². The molecule has 1 atom stereocenters. The number of pyridine rings is 2. The highest BCUT2D eigenvalue weighted by molar-refractivity contribution is 5.77. The third-order valence-corrected chi connectivity index (χ3v) is 5.16.